The average molecular weight is 170 g/mol. The van der Waals surface area contributed by atoms with Gasteiger partial charge in [0.2, 0.25) is 5.91 Å². The van der Waals surface area contributed by atoms with Crippen LogP contribution in [0.3, 0.4) is 0 Å². The molecule has 0 bridgehead atoms. The summed E-state index contributed by atoms with van der Waals surface area (Å²) in [5.74, 6) is 0.185. The van der Waals surface area contributed by atoms with Crippen molar-refractivity contribution in [3.63, 3.8) is 0 Å². The Balaban J connectivity index is 3.49. The lowest BCUT2D eigenvalue weighted by Crippen LogP contribution is -2.27. The maximum absolute atomic E-state index is 11.3. The molecular weight excluding hydrogens is 152 g/mol. The SMILES string of the molecule is C=CCN(C)C(=O)CCCNC. The summed E-state index contributed by atoms with van der Waals surface area (Å²) < 4.78 is 0. The lowest BCUT2D eigenvalue weighted by Gasteiger charge is -2.14. The highest BCUT2D eigenvalue weighted by Gasteiger charge is 2.04. The summed E-state index contributed by atoms with van der Waals surface area (Å²) in [4.78, 5) is 12.9. The molecule has 0 spiro atoms. The number of carbonyl (C=O) groups is 1. The monoisotopic (exact) mass is 170 g/mol. The normalized spacial score (nSPS) is 9.50. The fourth-order valence-corrected chi connectivity index (χ4v) is 0.903. The maximum atomic E-state index is 11.3. The molecule has 0 fully saturated rings. The Kier molecular flexibility index (Phi) is 6.38. The minimum Gasteiger partial charge on any atom is -0.342 e. The highest BCUT2D eigenvalue weighted by atomic mass is 16.2. The Morgan fingerprint density at radius 1 is 1.67 bits per heavy atom. The van der Waals surface area contributed by atoms with Crippen LogP contribution in [0.15, 0.2) is 12.7 Å². The molecule has 12 heavy (non-hydrogen) atoms. The van der Waals surface area contributed by atoms with E-state index in [-0.39, 0.29) is 5.91 Å². The molecule has 70 valence electrons. The average Bonchev–Trinajstić information content (AvgIpc) is 2.05. The molecule has 0 aromatic carbocycles. The zero-order chi connectivity index (χ0) is 9.40. The van der Waals surface area contributed by atoms with Gasteiger partial charge >= 0.3 is 0 Å². The Hall–Kier alpha value is -0.830. The Bertz CT molecular complexity index is 145. The molecule has 0 aromatic rings. The van der Waals surface area contributed by atoms with Crippen molar-refractivity contribution >= 4 is 5.91 Å². The van der Waals surface area contributed by atoms with Crippen molar-refractivity contribution in [3.05, 3.63) is 12.7 Å². The van der Waals surface area contributed by atoms with Gasteiger partial charge in [-0.05, 0) is 20.0 Å². The van der Waals surface area contributed by atoms with Crippen LogP contribution >= 0.6 is 0 Å². The van der Waals surface area contributed by atoms with Gasteiger partial charge in [0.05, 0.1) is 0 Å². The predicted octanol–water partition coefficient (Wildman–Crippen LogP) is 0.630. The molecule has 3 nitrogen and oxygen atoms in total. The van der Waals surface area contributed by atoms with E-state index in [9.17, 15) is 4.79 Å². The Morgan fingerprint density at radius 2 is 2.33 bits per heavy atom. The first-order chi connectivity index (χ1) is 5.72. The maximum Gasteiger partial charge on any atom is 0.222 e. The first kappa shape index (κ1) is 11.2. The van der Waals surface area contributed by atoms with Gasteiger partial charge in [-0.25, -0.2) is 0 Å². The van der Waals surface area contributed by atoms with Gasteiger partial charge < -0.3 is 10.2 Å². The van der Waals surface area contributed by atoms with Crippen molar-refractivity contribution < 1.29 is 4.79 Å². The third-order valence-electron chi connectivity index (χ3n) is 1.65. The molecule has 0 saturated heterocycles. The van der Waals surface area contributed by atoms with Gasteiger partial charge in [0.1, 0.15) is 0 Å². The summed E-state index contributed by atoms with van der Waals surface area (Å²) >= 11 is 0. The van der Waals surface area contributed by atoms with Gasteiger partial charge in [0.25, 0.3) is 0 Å². The fraction of sp³-hybridized carbons (Fsp3) is 0.667. The van der Waals surface area contributed by atoms with Crippen LogP contribution in [0.5, 0.6) is 0 Å². The number of rotatable bonds is 6. The second kappa shape index (κ2) is 6.85. The zero-order valence-corrected chi connectivity index (χ0v) is 7.97. The second-order valence-corrected chi connectivity index (χ2v) is 2.77. The molecule has 0 aliphatic rings. The molecule has 3 heteroatoms. The van der Waals surface area contributed by atoms with Crippen LogP contribution in [0, 0.1) is 0 Å². The standard InChI is InChI=1S/C9H18N2O/c1-4-8-11(3)9(12)6-5-7-10-2/h4,10H,1,5-8H2,2-3H3. The van der Waals surface area contributed by atoms with Crippen molar-refractivity contribution in [3.8, 4) is 0 Å². The molecular formula is C9H18N2O. The van der Waals surface area contributed by atoms with Gasteiger partial charge in [-0.1, -0.05) is 6.08 Å². The molecule has 0 unspecified atom stereocenters. The summed E-state index contributed by atoms with van der Waals surface area (Å²) in [5, 5.41) is 3.00. The van der Waals surface area contributed by atoms with Crippen molar-refractivity contribution in [2.45, 2.75) is 12.8 Å². The second-order valence-electron chi connectivity index (χ2n) is 2.77. The Morgan fingerprint density at radius 3 is 2.83 bits per heavy atom. The van der Waals surface area contributed by atoms with Crippen molar-refractivity contribution in [1.82, 2.24) is 10.2 Å². The van der Waals surface area contributed by atoms with Crippen LogP contribution in [-0.4, -0.2) is 38.0 Å². The Labute approximate surface area is 74.4 Å². The van der Waals surface area contributed by atoms with Gasteiger partial charge in [-0.3, -0.25) is 4.79 Å². The summed E-state index contributed by atoms with van der Waals surface area (Å²) in [6.45, 7) is 5.11. The van der Waals surface area contributed by atoms with E-state index < -0.39 is 0 Å². The molecule has 0 radical (unpaired) electrons. The van der Waals surface area contributed by atoms with Crippen LogP contribution in [0.2, 0.25) is 0 Å². The van der Waals surface area contributed by atoms with E-state index in [4.69, 9.17) is 0 Å². The molecule has 1 amide bonds. The van der Waals surface area contributed by atoms with Crippen LogP contribution in [0.1, 0.15) is 12.8 Å². The molecule has 0 aromatic heterocycles. The van der Waals surface area contributed by atoms with Crippen LogP contribution < -0.4 is 5.32 Å². The van der Waals surface area contributed by atoms with E-state index in [1.165, 1.54) is 0 Å². The lowest BCUT2D eigenvalue weighted by molar-refractivity contribution is -0.129. The molecule has 0 heterocycles. The fourth-order valence-electron chi connectivity index (χ4n) is 0.903. The van der Waals surface area contributed by atoms with Crippen LogP contribution in [-0.2, 0) is 4.79 Å². The summed E-state index contributed by atoms with van der Waals surface area (Å²) in [6.07, 6.45) is 3.25. The highest BCUT2D eigenvalue weighted by molar-refractivity contribution is 5.75. The van der Waals surface area contributed by atoms with Gasteiger partial charge in [-0.2, -0.15) is 0 Å². The van der Waals surface area contributed by atoms with Gasteiger partial charge in [0.15, 0.2) is 0 Å². The van der Waals surface area contributed by atoms with Crippen LogP contribution in [0.4, 0.5) is 0 Å². The molecule has 0 saturated carbocycles. The zero-order valence-electron chi connectivity index (χ0n) is 7.97. The van der Waals surface area contributed by atoms with Gasteiger partial charge in [-0.15, -0.1) is 6.58 Å². The number of likely N-dealkylation sites (N-methyl/N-ethyl adjacent to an activating group) is 1. The van der Waals surface area contributed by atoms with Crippen molar-refractivity contribution in [2.75, 3.05) is 27.2 Å². The smallest absolute Gasteiger partial charge is 0.222 e. The van der Waals surface area contributed by atoms with E-state index in [2.05, 4.69) is 11.9 Å². The summed E-state index contributed by atoms with van der Waals surface area (Å²) in [7, 11) is 3.68. The predicted molar refractivity (Wildman–Crippen MR) is 51.0 cm³/mol. The first-order valence-electron chi connectivity index (χ1n) is 4.21. The topological polar surface area (TPSA) is 32.3 Å². The van der Waals surface area contributed by atoms with Crippen LogP contribution in [0.25, 0.3) is 0 Å². The molecule has 0 aliphatic heterocycles. The largest absolute Gasteiger partial charge is 0.342 e. The first-order valence-corrected chi connectivity index (χ1v) is 4.21. The van der Waals surface area contributed by atoms with E-state index in [1.54, 1.807) is 18.0 Å². The number of hydrogen-bond donors (Lipinski definition) is 1. The van der Waals surface area contributed by atoms with Crippen molar-refractivity contribution in [2.24, 2.45) is 0 Å². The quantitative estimate of drug-likeness (QED) is 0.468. The molecule has 1 N–H and O–H groups in total. The van der Waals surface area contributed by atoms with Crippen molar-refractivity contribution in [1.29, 1.82) is 0 Å². The number of nitrogens with one attached hydrogen (secondary N) is 1. The van der Waals surface area contributed by atoms with E-state index >= 15 is 0 Å². The number of carbonyl (C=O) groups excluding carboxylic acids is 1. The summed E-state index contributed by atoms with van der Waals surface area (Å²) in [6, 6.07) is 0. The summed E-state index contributed by atoms with van der Waals surface area (Å²) in [5.41, 5.74) is 0. The lowest BCUT2D eigenvalue weighted by atomic mass is 10.3. The minimum atomic E-state index is 0.185. The number of nitrogens with zero attached hydrogens (tertiary/aromatic N) is 1. The van der Waals surface area contributed by atoms with E-state index in [0.717, 1.165) is 13.0 Å². The molecule has 0 rings (SSSR count). The van der Waals surface area contributed by atoms with E-state index in [1.807, 2.05) is 7.05 Å². The molecule has 0 atom stereocenters. The van der Waals surface area contributed by atoms with Gasteiger partial charge in [0, 0.05) is 20.0 Å². The number of amides is 1. The highest BCUT2D eigenvalue weighted by Crippen LogP contribution is 1.94. The minimum absolute atomic E-state index is 0.185. The third-order valence-corrected chi connectivity index (χ3v) is 1.65. The number of hydrogen-bond acceptors (Lipinski definition) is 2. The third kappa shape index (κ3) is 4.91. The molecule has 0 aliphatic carbocycles. The van der Waals surface area contributed by atoms with E-state index in [0.29, 0.717) is 13.0 Å².